The number of para-hydroxylation sites is 2. The van der Waals surface area contributed by atoms with Crippen molar-refractivity contribution in [2.24, 2.45) is 0 Å². The first-order valence-electron chi connectivity index (χ1n) is 15.0. The molecule has 0 heterocycles. The summed E-state index contributed by atoms with van der Waals surface area (Å²) in [4.78, 5) is 52.3. The van der Waals surface area contributed by atoms with Crippen molar-refractivity contribution >= 4 is 52.6 Å². The molecule has 10 heteroatoms. The van der Waals surface area contributed by atoms with Crippen molar-refractivity contribution in [3.8, 4) is 0 Å². The van der Waals surface area contributed by atoms with Crippen molar-refractivity contribution in [1.29, 1.82) is 0 Å². The Bertz CT molecular complexity index is 1980. The number of hydrogen-bond donors (Lipinski definition) is 3. The van der Waals surface area contributed by atoms with Crippen molar-refractivity contribution < 1.29 is 19.3 Å². The number of nitrogens with zero attached hydrogens (tertiary/aromatic N) is 1. The molecule has 1 unspecified atom stereocenters. The smallest absolute Gasteiger partial charge is 0.276 e. The van der Waals surface area contributed by atoms with E-state index >= 15 is 0 Å². The van der Waals surface area contributed by atoms with E-state index in [2.05, 4.69) is 16.0 Å². The maximum Gasteiger partial charge on any atom is 0.276 e. The number of nitrogens with one attached hydrogen (secondary N) is 3. The van der Waals surface area contributed by atoms with Crippen molar-refractivity contribution in [3.05, 3.63) is 171 Å². The van der Waals surface area contributed by atoms with E-state index in [0.717, 1.165) is 22.4 Å². The lowest BCUT2D eigenvalue weighted by Crippen LogP contribution is -2.30. The molecule has 48 heavy (non-hydrogen) atoms. The highest BCUT2D eigenvalue weighted by molar-refractivity contribution is 8.00. The van der Waals surface area contributed by atoms with Crippen molar-refractivity contribution in [1.82, 2.24) is 5.32 Å². The summed E-state index contributed by atoms with van der Waals surface area (Å²) in [6.45, 7) is 3.89. The van der Waals surface area contributed by atoms with Crippen molar-refractivity contribution in [2.45, 2.75) is 24.0 Å². The molecule has 0 aliphatic heterocycles. The SMILES string of the molecule is Cc1cccc(C)c1NC(=O)C(Sc1cccc(NC(=O)/C(=C\c2ccccc2[N+](=O)[O-])NC(=O)c2ccccc2)c1)c1ccccc1. The first-order chi connectivity index (χ1) is 23.2. The summed E-state index contributed by atoms with van der Waals surface area (Å²) in [5.41, 5.74) is 3.92. The lowest BCUT2D eigenvalue weighted by Gasteiger charge is -2.19. The number of carbonyl (C=O) groups is 3. The molecule has 0 saturated carbocycles. The van der Waals surface area contributed by atoms with Gasteiger partial charge < -0.3 is 16.0 Å². The minimum Gasteiger partial charge on any atom is -0.324 e. The van der Waals surface area contributed by atoms with Crippen LogP contribution in [0.15, 0.2) is 138 Å². The Kier molecular flexibility index (Phi) is 10.8. The van der Waals surface area contributed by atoms with Crippen molar-refractivity contribution in [2.75, 3.05) is 10.6 Å². The lowest BCUT2D eigenvalue weighted by atomic mass is 10.1. The molecule has 5 aromatic carbocycles. The molecule has 0 bridgehead atoms. The molecular weight excluding hydrogens is 625 g/mol. The summed E-state index contributed by atoms with van der Waals surface area (Å²) in [6.07, 6.45) is 1.27. The van der Waals surface area contributed by atoms with Gasteiger partial charge in [-0.25, -0.2) is 0 Å². The van der Waals surface area contributed by atoms with E-state index in [1.54, 1.807) is 54.6 Å². The number of aryl methyl sites for hydroxylation is 2. The minimum absolute atomic E-state index is 0.144. The molecule has 0 spiro atoms. The highest BCUT2D eigenvalue weighted by atomic mass is 32.2. The van der Waals surface area contributed by atoms with E-state index in [1.807, 2.05) is 68.4 Å². The summed E-state index contributed by atoms with van der Waals surface area (Å²) < 4.78 is 0. The summed E-state index contributed by atoms with van der Waals surface area (Å²) in [5.74, 6) is -1.44. The van der Waals surface area contributed by atoms with Crippen LogP contribution in [0.2, 0.25) is 0 Å². The summed E-state index contributed by atoms with van der Waals surface area (Å²) in [5, 5.41) is 19.6. The lowest BCUT2D eigenvalue weighted by molar-refractivity contribution is -0.385. The van der Waals surface area contributed by atoms with Gasteiger partial charge in [0.2, 0.25) is 5.91 Å². The summed E-state index contributed by atoms with van der Waals surface area (Å²) >= 11 is 1.32. The van der Waals surface area contributed by atoms with Gasteiger partial charge in [0.1, 0.15) is 10.9 Å². The van der Waals surface area contributed by atoms with Gasteiger partial charge in [-0.3, -0.25) is 24.5 Å². The maximum atomic E-state index is 13.7. The zero-order chi connectivity index (χ0) is 34.0. The zero-order valence-electron chi connectivity index (χ0n) is 26.2. The minimum atomic E-state index is -0.688. The standard InChI is InChI=1S/C38H32N4O5S/c1-25-13-11-14-26(2)34(25)41-38(45)35(27-15-5-3-6-16-27)48-31-21-12-20-30(24-31)39-37(44)32(40-36(43)28-17-7-4-8-18-28)23-29-19-9-10-22-33(29)42(46)47/h3-24,35H,1-2H3,(H,39,44)(H,40,43)(H,41,45)/b32-23+. The Morgan fingerprint density at radius 2 is 1.38 bits per heavy atom. The van der Waals surface area contributed by atoms with Gasteiger partial charge in [-0.05, 0) is 73.0 Å². The third kappa shape index (κ3) is 8.42. The summed E-state index contributed by atoms with van der Waals surface area (Å²) in [7, 11) is 0. The van der Waals surface area contributed by atoms with Crippen LogP contribution in [0.3, 0.4) is 0 Å². The van der Waals surface area contributed by atoms with Gasteiger partial charge in [0, 0.05) is 27.9 Å². The molecule has 0 fully saturated rings. The number of nitro benzene ring substituents is 1. The van der Waals surface area contributed by atoms with Gasteiger partial charge in [0.15, 0.2) is 0 Å². The highest BCUT2D eigenvalue weighted by Crippen LogP contribution is 2.38. The first-order valence-corrected chi connectivity index (χ1v) is 15.9. The number of anilines is 2. The van der Waals surface area contributed by atoms with E-state index in [1.165, 1.54) is 36.0 Å². The van der Waals surface area contributed by atoms with E-state index < -0.39 is 22.0 Å². The number of carbonyl (C=O) groups excluding carboxylic acids is 3. The summed E-state index contributed by atoms with van der Waals surface area (Å²) in [6, 6.07) is 36.5. The van der Waals surface area contributed by atoms with E-state index in [4.69, 9.17) is 0 Å². The third-order valence-electron chi connectivity index (χ3n) is 7.38. The molecule has 3 amide bonds. The van der Waals surface area contributed by atoms with Crippen LogP contribution >= 0.6 is 11.8 Å². The predicted molar refractivity (Wildman–Crippen MR) is 190 cm³/mol. The molecule has 0 radical (unpaired) electrons. The van der Waals surface area contributed by atoms with Crippen LogP contribution in [0.1, 0.15) is 37.9 Å². The number of thioether (sulfide) groups is 1. The van der Waals surface area contributed by atoms with Crippen LogP contribution in [-0.4, -0.2) is 22.6 Å². The number of rotatable bonds is 11. The fourth-order valence-corrected chi connectivity index (χ4v) is 6.04. The average molecular weight is 657 g/mol. The largest absolute Gasteiger partial charge is 0.324 e. The average Bonchev–Trinajstić information content (AvgIpc) is 3.09. The topological polar surface area (TPSA) is 130 Å². The van der Waals surface area contributed by atoms with Gasteiger partial charge in [-0.1, -0.05) is 84.9 Å². The van der Waals surface area contributed by atoms with Crippen molar-refractivity contribution in [3.63, 3.8) is 0 Å². The Hall–Kier alpha value is -6.00. The normalized spacial score (nSPS) is 11.7. The third-order valence-corrected chi connectivity index (χ3v) is 8.63. The highest BCUT2D eigenvalue weighted by Gasteiger charge is 2.24. The Morgan fingerprint density at radius 1 is 0.750 bits per heavy atom. The van der Waals surface area contributed by atoms with Crippen LogP contribution < -0.4 is 16.0 Å². The molecule has 1 atom stereocenters. The van der Waals surface area contributed by atoms with Gasteiger partial charge in [-0.15, -0.1) is 11.8 Å². The molecule has 3 N–H and O–H groups in total. The number of hydrogen-bond acceptors (Lipinski definition) is 6. The van der Waals surface area contributed by atoms with E-state index in [0.29, 0.717) is 16.1 Å². The van der Waals surface area contributed by atoms with Crippen LogP contribution in [0.25, 0.3) is 6.08 Å². The van der Waals surface area contributed by atoms with Crippen LogP contribution in [0.5, 0.6) is 0 Å². The fraction of sp³-hybridized carbons (Fsp3) is 0.0789. The molecule has 5 aromatic rings. The first kappa shape index (κ1) is 33.4. The number of nitro groups is 1. The second kappa shape index (κ2) is 15.5. The Morgan fingerprint density at radius 3 is 2.06 bits per heavy atom. The van der Waals surface area contributed by atoms with Gasteiger partial charge in [0.25, 0.3) is 17.5 Å². The van der Waals surface area contributed by atoms with E-state index in [-0.39, 0.29) is 22.9 Å². The number of benzene rings is 5. The van der Waals surface area contributed by atoms with E-state index in [9.17, 15) is 24.5 Å². The maximum absolute atomic E-state index is 13.7. The monoisotopic (exact) mass is 656 g/mol. The van der Waals surface area contributed by atoms with Crippen LogP contribution in [0.4, 0.5) is 17.1 Å². The molecule has 0 aliphatic carbocycles. The molecular formula is C38H32N4O5S. The molecule has 0 aliphatic rings. The van der Waals surface area contributed by atoms with Gasteiger partial charge in [0.05, 0.1) is 10.5 Å². The second-order valence-corrected chi connectivity index (χ2v) is 12.0. The fourth-order valence-electron chi connectivity index (χ4n) is 4.96. The molecule has 240 valence electrons. The Labute approximate surface area is 282 Å². The molecule has 9 nitrogen and oxygen atoms in total. The second-order valence-electron chi connectivity index (χ2n) is 10.8. The van der Waals surface area contributed by atoms with Crippen LogP contribution in [-0.2, 0) is 9.59 Å². The zero-order valence-corrected chi connectivity index (χ0v) is 27.0. The molecule has 0 aromatic heterocycles. The molecule has 5 rings (SSSR count). The van der Waals surface area contributed by atoms with Crippen LogP contribution in [0, 0.1) is 24.0 Å². The van der Waals surface area contributed by atoms with Gasteiger partial charge in [-0.2, -0.15) is 0 Å². The quantitative estimate of drug-likeness (QED) is 0.0570. The van der Waals surface area contributed by atoms with Gasteiger partial charge >= 0.3 is 0 Å². The molecule has 0 saturated heterocycles. The predicted octanol–water partition coefficient (Wildman–Crippen LogP) is 8.09. The number of amides is 3. The Balaban J connectivity index is 1.42.